The van der Waals surface area contributed by atoms with Crippen LogP contribution in [0, 0.1) is 76.9 Å². The molecule has 0 bridgehead atoms. The Morgan fingerprint density at radius 1 is 0.708 bits per heavy atom. The maximum Gasteiger partial charge on any atom is 0.00545 e. The van der Waals surface area contributed by atoms with E-state index in [0.717, 1.165) is 18.8 Å². The lowest BCUT2D eigenvalue weighted by molar-refractivity contribution is 0.265. The molecule has 11 aliphatic carbocycles. The van der Waals surface area contributed by atoms with E-state index in [-0.39, 0.29) is 0 Å². The molecule has 11 aliphatic rings. The van der Waals surface area contributed by atoms with Crippen LogP contribution in [-0.2, 0) is 0 Å². The lowest BCUT2D eigenvalue weighted by Crippen LogP contribution is -2.36. The molecule has 0 nitrogen and oxygen atoms in total. The van der Waals surface area contributed by atoms with Crippen molar-refractivity contribution < 1.29 is 0 Å². The molecule has 72 heavy (non-hydrogen) atoms. The summed E-state index contributed by atoms with van der Waals surface area (Å²) in [6.45, 7) is 7.32. The topological polar surface area (TPSA) is 0 Å². The highest BCUT2D eigenvalue weighted by Crippen LogP contribution is 2.66. The molecule has 14 rings (SSSR count). The zero-order valence-electron chi connectivity index (χ0n) is 43.1. The Morgan fingerprint density at radius 3 is 2.40 bits per heavy atom. The SMILES string of the molecule is CC/C=C\C(C)C1CC2C3=CC=CC4C(=C5C6C=CC=CC6CCC5C5C=CC=CC5)CCC(C2=C(c2ccccc2)c2c1cc1c5c(cccc25)C2=C1C=CC(C1C=CC=CC1C1=CCCC(C)C1)C2)C34. The summed E-state index contributed by atoms with van der Waals surface area (Å²) in [6, 6.07) is 22.1. The average Bonchev–Trinajstić information content (AvgIpc) is 3.87. The van der Waals surface area contributed by atoms with E-state index < -0.39 is 0 Å². The molecule has 0 heteroatoms. The molecular weight excluding hydrogens is 865 g/mol. The summed E-state index contributed by atoms with van der Waals surface area (Å²) < 4.78 is 0. The van der Waals surface area contributed by atoms with E-state index in [1.165, 1.54) is 90.8 Å². The van der Waals surface area contributed by atoms with E-state index in [9.17, 15) is 0 Å². The first-order valence-electron chi connectivity index (χ1n) is 28.9. The smallest absolute Gasteiger partial charge is 0.00545 e. The van der Waals surface area contributed by atoms with Crippen LogP contribution >= 0.6 is 0 Å². The van der Waals surface area contributed by atoms with Crippen molar-refractivity contribution in [3.05, 3.63) is 232 Å². The molecule has 0 radical (unpaired) electrons. The van der Waals surface area contributed by atoms with E-state index >= 15 is 0 Å². The van der Waals surface area contributed by atoms with Gasteiger partial charge in [-0.25, -0.2) is 0 Å². The molecule has 0 amide bonds. The predicted molar refractivity (Wildman–Crippen MR) is 305 cm³/mol. The van der Waals surface area contributed by atoms with Crippen molar-refractivity contribution in [1.29, 1.82) is 0 Å². The van der Waals surface area contributed by atoms with Crippen molar-refractivity contribution in [3.63, 3.8) is 0 Å². The van der Waals surface area contributed by atoms with E-state index in [2.05, 4.69) is 197 Å². The largest absolute Gasteiger partial charge is 0.0885 e. The summed E-state index contributed by atoms with van der Waals surface area (Å²) in [6.07, 6.45) is 63.4. The van der Waals surface area contributed by atoms with Crippen LogP contribution in [0.2, 0.25) is 0 Å². The van der Waals surface area contributed by atoms with Gasteiger partial charge in [-0.2, -0.15) is 0 Å². The molecule has 0 aliphatic heterocycles. The van der Waals surface area contributed by atoms with Gasteiger partial charge < -0.3 is 0 Å². The quantitative estimate of drug-likeness (QED) is 0.207. The highest BCUT2D eigenvalue weighted by Gasteiger charge is 2.54. The van der Waals surface area contributed by atoms with Crippen LogP contribution in [0.5, 0.6) is 0 Å². The van der Waals surface area contributed by atoms with Gasteiger partial charge in [0.25, 0.3) is 0 Å². The first-order chi connectivity index (χ1) is 35.5. The number of benzene rings is 3. The van der Waals surface area contributed by atoms with Crippen molar-refractivity contribution >= 4 is 27.5 Å². The van der Waals surface area contributed by atoms with Crippen LogP contribution in [0.1, 0.15) is 125 Å². The van der Waals surface area contributed by atoms with Gasteiger partial charge in [0.05, 0.1) is 0 Å². The molecule has 0 heterocycles. The molecular formula is C72H74. The van der Waals surface area contributed by atoms with Gasteiger partial charge in [0, 0.05) is 23.7 Å². The molecule has 14 atom stereocenters. The predicted octanol–water partition coefficient (Wildman–Crippen LogP) is 18.6. The van der Waals surface area contributed by atoms with Crippen LogP contribution in [0.4, 0.5) is 0 Å². The summed E-state index contributed by atoms with van der Waals surface area (Å²) in [5.74, 6) is 7.34. The lowest BCUT2D eigenvalue weighted by atomic mass is 9.58. The summed E-state index contributed by atoms with van der Waals surface area (Å²) in [4.78, 5) is 0. The fourth-order valence-electron chi connectivity index (χ4n) is 17.4. The normalized spacial score (nSPS) is 36.1. The molecule has 0 saturated heterocycles. The number of hydrogen-bond acceptors (Lipinski definition) is 0. The molecule has 14 unspecified atom stereocenters. The van der Waals surface area contributed by atoms with Gasteiger partial charge >= 0.3 is 0 Å². The Labute approximate surface area is 431 Å². The van der Waals surface area contributed by atoms with Gasteiger partial charge in [-0.15, -0.1) is 0 Å². The fraction of sp³-hybridized carbons (Fsp3) is 0.389. The van der Waals surface area contributed by atoms with Gasteiger partial charge in [-0.1, -0.05) is 219 Å². The minimum absolute atomic E-state index is 0.390. The maximum atomic E-state index is 2.76. The standard InChI is InChI=1S/C72H74/c1-4-5-20-45(3)62-42-65-58-32-17-30-56-59(68-53-29-13-12-23-47(53)34-36-54(68)46-21-8-6-9-22-46)38-39-61(69(56)58)72(65)67(48-24-10-7-11-25-48)71-60-33-18-31-57-63-41-50(35-37-55(63)64(70(57)60)43-66(62)71)52-28-15-14-27-51(52)49-26-16-19-44(2)40-49/h5-15,17-18,20-21,23-33,35,37,43-47,50-54,56,61-62,65,69H,4,16,19,22,34,36,38-42H2,1-3H3/b20-5-,68-59?. The summed E-state index contributed by atoms with van der Waals surface area (Å²) in [7, 11) is 0. The van der Waals surface area contributed by atoms with Crippen molar-refractivity contribution in [2.45, 2.75) is 97.3 Å². The second kappa shape index (κ2) is 18.3. The zero-order chi connectivity index (χ0) is 48.0. The first kappa shape index (κ1) is 44.9. The molecule has 0 spiro atoms. The van der Waals surface area contributed by atoms with Crippen LogP contribution in [0.3, 0.4) is 0 Å². The molecule has 0 N–H and O–H groups in total. The third-order valence-corrected chi connectivity index (χ3v) is 20.5. The lowest BCUT2D eigenvalue weighted by Gasteiger charge is -2.46. The summed E-state index contributed by atoms with van der Waals surface area (Å²) >= 11 is 0. The third kappa shape index (κ3) is 7.18. The summed E-state index contributed by atoms with van der Waals surface area (Å²) in [5.41, 5.74) is 21.1. The molecule has 3 aromatic rings. The monoisotopic (exact) mass is 939 g/mol. The van der Waals surface area contributed by atoms with Gasteiger partial charge in [-0.05, 0) is 191 Å². The summed E-state index contributed by atoms with van der Waals surface area (Å²) in [5, 5.41) is 3.00. The number of allylic oxidation sites excluding steroid dienone is 27. The van der Waals surface area contributed by atoms with Crippen LogP contribution in [0.15, 0.2) is 204 Å². The van der Waals surface area contributed by atoms with Gasteiger partial charge in [0.2, 0.25) is 0 Å². The molecule has 0 aromatic heterocycles. The highest BCUT2D eigenvalue weighted by atomic mass is 14.6. The van der Waals surface area contributed by atoms with E-state index in [1.54, 1.807) is 39.0 Å². The second-order valence-electron chi connectivity index (χ2n) is 24.1. The average molecular weight is 939 g/mol. The van der Waals surface area contributed by atoms with E-state index in [0.29, 0.717) is 76.9 Å². The molecule has 3 saturated carbocycles. The Hall–Kier alpha value is -5.72. The Balaban J connectivity index is 0.929. The van der Waals surface area contributed by atoms with Crippen molar-refractivity contribution in [1.82, 2.24) is 0 Å². The van der Waals surface area contributed by atoms with E-state index in [1.807, 2.05) is 11.1 Å². The van der Waals surface area contributed by atoms with Crippen LogP contribution in [-0.4, -0.2) is 0 Å². The third-order valence-electron chi connectivity index (χ3n) is 20.5. The zero-order valence-corrected chi connectivity index (χ0v) is 43.1. The van der Waals surface area contributed by atoms with Crippen LogP contribution in [0.25, 0.3) is 27.5 Å². The fourth-order valence-corrected chi connectivity index (χ4v) is 17.4. The Kier molecular flexibility index (Phi) is 11.4. The highest BCUT2D eigenvalue weighted by molar-refractivity contribution is 6.19. The van der Waals surface area contributed by atoms with Gasteiger partial charge in [0.1, 0.15) is 0 Å². The van der Waals surface area contributed by atoms with Crippen molar-refractivity contribution in [2.24, 2.45) is 76.9 Å². The number of fused-ring (bicyclic) bond motifs is 8. The number of rotatable bonds is 7. The molecule has 3 fully saturated rings. The molecule has 3 aromatic carbocycles. The maximum absolute atomic E-state index is 2.76. The minimum Gasteiger partial charge on any atom is -0.0885 e. The second-order valence-corrected chi connectivity index (χ2v) is 24.1. The van der Waals surface area contributed by atoms with Gasteiger partial charge in [-0.3, -0.25) is 0 Å². The number of hydrogen-bond donors (Lipinski definition) is 0. The van der Waals surface area contributed by atoms with Crippen LogP contribution < -0.4 is 0 Å². The minimum atomic E-state index is 0.390. The van der Waals surface area contributed by atoms with Crippen molar-refractivity contribution in [3.8, 4) is 0 Å². The Bertz CT molecular complexity index is 3160. The van der Waals surface area contributed by atoms with E-state index in [4.69, 9.17) is 0 Å². The molecule has 362 valence electrons. The Morgan fingerprint density at radius 2 is 1.54 bits per heavy atom. The first-order valence-corrected chi connectivity index (χ1v) is 28.9. The van der Waals surface area contributed by atoms with Crippen molar-refractivity contribution in [2.75, 3.05) is 0 Å². The van der Waals surface area contributed by atoms with Gasteiger partial charge in [0.15, 0.2) is 0 Å².